The minimum atomic E-state index is -0.811. The highest BCUT2D eigenvalue weighted by Gasteiger charge is 2.15. The van der Waals surface area contributed by atoms with E-state index in [-0.39, 0.29) is 0 Å². The first-order valence-corrected chi connectivity index (χ1v) is 8.77. The molecule has 0 amide bonds. The highest BCUT2D eigenvalue weighted by molar-refractivity contribution is 5.64. The first kappa shape index (κ1) is 17.1. The number of hydrogen-bond acceptors (Lipinski definition) is 3. The molecule has 0 radical (unpaired) electrons. The maximum atomic E-state index is 10.7. The van der Waals surface area contributed by atoms with E-state index in [9.17, 15) is 5.11 Å². The Kier molecular flexibility index (Phi) is 4.73. The van der Waals surface area contributed by atoms with Crippen molar-refractivity contribution in [3.8, 4) is 28.1 Å². The van der Waals surface area contributed by atoms with Gasteiger partial charge in [-0.3, -0.25) is 0 Å². The summed E-state index contributed by atoms with van der Waals surface area (Å²) in [6.45, 7) is 0. The van der Waals surface area contributed by atoms with Crippen LogP contribution in [-0.4, -0.2) is 22.2 Å². The lowest BCUT2D eigenvalue weighted by Crippen LogP contribution is -2.01. The van der Waals surface area contributed by atoms with E-state index in [0.717, 1.165) is 33.7 Å². The van der Waals surface area contributed by atoms with Gasteiger partial charge in [0.1, 0.15) is 17.7 Å². The molecule has 27 heavy (non-hydrogen) atoms. The number of nitrogens with zero attached hydrogens (tertiary/aromatic N) is 1. The van der Waals surface area contributed by atoms with E-state index >= 15 is 0 Å². The fourth-order valence-electron chi connectivity index (χ4n) is 3.06. The zero-order chi connectivity index (χ0) is 18.6. The lowest BCUT2D eigenvalue weighted by atomic mass is 10.0. The Morgan fingerprint density at radius 2 is 1.56 bits per heavy atom. The molecule has 1 atom stereocenters. The van der Waals surface area contributed by atoms with Crippen molar-refractivity contribution in [3.05, 3.63) is 96.4 Å². The van der Waals surface area contributed by atoms with E-state index in [1.165, 1.54) is 0 Å². The van der Waals surface area contributed by atoms with E-state index in [1.54, 1.807) is 13.3 Å². The second-order valence-corrected chi connectivity index (χ2v) is 6.30. The molecule has 2 N–H and O–H groups in total. The third-order valence-corrected chi connectivity index (χ3v) is 4.57. The third-order valence-electron chi connectivity index (χ3n) is 4.57. The number of ether oxygens (including phenoxy) is 1. The zero-order valence-corrected chi connectivity index (χ0v) is 15.0. The van der Waals surface area contributed by atoms with Crippen LogP contribution in [0.15, 0.2) is 85.1 Å². The molecule has 0 saturated carbocycles. The average Bonchev–Trinajstić information content (AvgIpc) is 3.24. The van der Waals surface area contributed by atoms with Gasteiger partial charge in [0.05, 0.1) is 19.0 Å². The van der Waals surface area contributed by atoms with Gasteiger partial charge in [0.2, 0.25) is 0 Å². The van der Waals surface area contributed by atoms with E-state index in [2.05, 4.69) is 22.1 Å². The predicted octanol–water partition coefficient (Wildman–Crippen LogP) is 4.83. The number of benzene rings is 3. The molecule has 0 spiro atoms. The van der Waals surface area contributed by atoms with Gasteiger partial charge in [0, 0.05) is 5.56 Å². The van der Waals surface area contributed by atoms with Crippen LogP contribution in [0.2, 0.25) is 0 Å². The van der Waals surface area contributed by atoms with Crippen LogP contribution in [0.1, 0.15) is 17.5 Å². The number of H-pyrrole nitrogens is 1. The smallest absolute Gasteiger partial charge is 0.140 e. The van der Waals surface area contributed by atoms with Gasteiger partial charge in [-0.2, -0.15) is 0 Å². The van der Waals surface area contributed by atoms with E-state index < -0.39 is 6.10 Å². The SMILES string of the molecule is COc1cccc(-c2cnc(C(O)c3ccc(-c4ccccc4)cc3)[nH]2)c1. The first-order chi connectivity index (χ1) is 13.2. The van der Waals surface area contributed by atoms with Crippen molar-refractivity contribution in [3.63, 3.8) is 0 Å². The number of rotatable bonds is 5. The van der Waals surface area contributed by atoms with E-state index in [0.29, 0.717) is 5.82 Å². The first-order valence-electron chi connectivity index (χ1n) is 8.77. The molecule has 1 aromatic heterocycles. The second-order valence-electron chi connectivity index (χ2n) is 6.30. The van der Waals surface area contributed by atoms with Crippen LogP contribution >= 0.6 is 0 Å². The van der Waals surface area contributed by atoms with Crippen LogP contribution in [0.3, 0.4) is 0 Å². The Morgan fingerprint density at radius 1 is 0.852 bits per heavy atom. The van der Waals surface area contributed by atoms with Crippen molar-refractivity contribution in [1.82, 2.24) is 9.97 Å². The summed E-state index contributed by atoms with van der Waals surface area (Å²) in [6, 6.07) is 25.8. The van der Waals surface area contributed by atoms with Crippen molar-refractivity contribution in [2.45, 2.75) is 6.10 Å². The summed E-state index contributed by atoms with van der Waals surface area (Å²) >= 11 is 0. The van der Waals surface area contributed by atoms with Gasteiger partial charge >= 0.3 is 0 Å². The van der Waals surface area contributed by atoms with Gasteiger partial charge in [-0.1, -0.05) is 66.7 Å². The maximum Gasteiger partial charge on any atom is 0.140 e. The molecule has 0 aliphatic rings. The molecule has 4 aromatic rings. The molecule has 0 aliphatic heterocycles. The van der Waals surface area contributed by atoms with Crippen molar-refractivity contribution in [1.29, 1.82) is 0 Å². The fraction of sp³-hybridized carbons (Fsp3) is 0.0870. The number of methoxy groups -OCH3 is 1. The monoisotopic (exact) mass is 356 g/mol. The van der Waals surface area contributed by atoms with Crippen molar-refractivity contribution in [2.75, 3.05) is 7.11 Å². The molecule has 4 rings (SSSR count). The number of aromatic nitrogens is 2. The van der Waals surface area contributed by atoms with Gasteiger partial charge in [-0.05, 0) is 28.8 Å². The number of hydrogen-bond donors (Lipinski definition) is 2. The summed E-state index contributed by atoms with van der Waals surface area (Å²) in [5.74, 6) is 1.29. The molecule has 4 heteroatoms. The van der Waals surface area contributed by atoms with Crippen LogP contribution < -0.4 is 4.74 Å². The molecule has 4 nitrogen and oxygen atoms in total. The summed E-state index contributed by atoms with van der Waals surface area (Å²) in [5, 5.41) is 10.7. The highest BCUT2D eigenvalue weighted by Crippen LogP contribution is 2.27. The molecule has 0 aliphatic carbocycles. The Hall–Kier alpha value is -3.37. The Labute approximate surface area is 158 Å². The van der Waals surface area contributed by atoms with Crippen LogP contribution in [0.25, 0.3) is 22.4 Å². The highest BCUT2D eigenvalue weighted by atomic mass is 16.5. The molecule has 0 fully saturated rings. The lowest BCUT2D eigenvalue weighted by Gasteiger charge is -2.10. The van der Waals surface area contributed by atoms with Crippen molar-refractivity contribution in [2.24, 2.45) is 0 Å². The molecular weight excluding hydrogens is 336 g/mol. The van der Waals surface area contributed by atoms with Crippen LogP contribution in [-0.2, 0) is 0 Å². The van der Waals surface area contributed by atoms with Crippen molar-refractivity contribution < 1.29 is 9.84 Å². The van der Waals surface area contributed by atoms with Crippen LogP contribution in [0.5, 0.6) is 5.75 Å². The summed E-state index contributed by atoms with van der Waals surface area (Å²) in [7, 11) is 1.64. The largest absolute Gasteiger partial charge is 0.497 e. The minimum absolute atomic E-state index is 0.514. The topological polar surface area (TPSA) is 58.1 Å². The lowest BCUT2D eigenvalue weighted by molar-refractivity contribution is 0.211. The molecule has 0 saturated heterocycles. The predicted molar refractivity (Wildman–Crippen MR) is 107 cm³/mol. The standard InChI is InChI=1S/C23H20N2O2/c1-27-20-9-5-8-19(14-20)21-15-24-23(25-21)22(26)18-12-10-17(11-13-18)16-6-3-2-4-7-16/h2-15,22,26H,1H3,(H,24,25). The zero-order valence-electron chi connectivity index (χ0n) is 15.0. The molecule has 134 valence electrons. The molecule has 3 aromatic carbocycles. The Bertz CT molecular complexity index is 1020. The fourth-order valence-corrected chi connectivity index (χ4v) is 3.06. The quantitative estimate of drug-likeness (QED) is 0.538. The Morgan fingerprint density at radius 3 is 2.30 bits per heavy atom. The number of aliphatic hydroxyl groups is 1. The number of aromatic amines is 1. The van der Waals surface area contributed by atoms with Gasteiger partial charge in [0.25, 0.3) is 0 Å². The summed E-state index contributed by atoms with van der Waals surface area (Å²) in [5.41, 5.74) is 4.85. The van der Waals surface area contributed by atoms with Gasteiger partial charge in [0.15, 0.2) is 0 Å². The van der Waals surface area contributed by atoms with Gasteiger partial charge in [-0.15, -0.1) is 0 Å². The van der Waals surface area contributed by atoms with Crippen LogP contribution in [0, 0.1) is 0 Å². The molecule has 1 heterocycles. The Balaban J connectivity index is 1.56. The molecule has 0 bridgehead atoms. The minimum Gasteiger partial charge on any atom is -0.497 e. The van der Waals surface area contributed by atoms with Gasteiger partial charge < -0.3 is 14.8 Å². The number of imidazole rings is 1. The van der Waals surface area contributed by atoms with Gasteiger partial charge in [-0.25, -0.2) is 4.98 Å². The van der Waals surface area contributed by atoms with Crippen molar-refractivity contribution >= 4 is 0 Å². The van der Waals surface area contributed by atoms with E-state index in [4.69, 9.17) is 4.74 Å². The normalized spacial score (nSPS) is 11.9. The second kappa shape index (κ2) is 7.48. The number of nitrogens with one attached hydrogen (secondary N) is 1. The summed E-state index contributed by atoms with van der Waals surface area (Å²) in [6.07, 6.45) is 0.917. The average molecular weight is 356 g/mol. The maximum absolute atomic E-state index is 10.7. The molecule has 1 unspecified atom stereocenters. The third kappa shape index (κ3) is 3.61. The summed E-state index contributed by atoms with van der Waals surface area (Å²) in [4.78, 5) is 7.57. The van der Waals surface area contributed by atoms with E-state index in [1.807, 2.05) is 66.7 Å². The van der Waals surface area contributed by atoms with Crippen LogP contribution in [0.4, 0.5) is 0 Å². The summed E-state index contributed by atoms with van der Waals surface area (Å²) < 4.78 is 5.26. The molecular formula is C23H20N2O2. The number of aliphatic hydroxyl groups excluding tert-OH is 1.